The van der Waals surface area contributed by atoms with Gasteiger partial charge in [-0.25, -0.2) is 9.59 Å². The smallest absolute Gasteiger partial charge is 0.410 e. The van der Waals surface area contributed by atoms with E-state index in [4.69, 9.17) is 129 Å². The number of carbonyl (C=O) groups excluding carboxylic acids is 8. The molecule has 6 saturated heterocycles. The van der Waals surface area contributed by atoms with Crippen LogP contribution in [-0.2, 0) is 99.8 Å². The van der Waals surface area contributed by atoms with Gasteiger partial charge in [0.05, 0.1) is 45.2 Å². The molecule has 500 valence electrons. The average molecular weight is 1360 g/mol. The quantitative estimate of drug-likeness (QED) is 0.0706. The van der Waals surface area contributed by atoms with Crippen LogP contribution < -0.4 is 0 Å². The van der Waals surface area contributed by atoms with Crippen molar-refractivity contribution in [2.45, 2.75) is 165 Å². The van der Waals surface area contributed by atoms with Crippen molar-refractivity contribution in [2.75, 3.05) is 102 Å². The molecule has 10 fully saturated rings. The first kappa shape index (κ1) is 68.5. The summed E-state index contributed by atoms with van der Waals surface area (Å²) in [5.41, 5.74) is -0.645. The first-order chi connectivity index (χ1) is 42.7. The van der Waals surface area contributed by atoms with Crippen molar-refractivity contribution in [1.82, 2.24) is 9.80 Å². The van der Waals surface area contributed by atoms with Crippen LogP contribution in [0.3, 0.4) is 0 Å². The van der Waals surface area contributed by atoms with Crippen LogP contribution in [0.25, 0.3) is 0 Å². The zero-order valence-corrected chi connectivity index (χ0v) is 54.1. The van der Waals surface area contributed by atoms with E-state index in [0.717, 1.165) is 32.1 Å². The second kappa shape index (κ2) is 29.5. The highest BCUT2D eigenvalue weighted by atomic mass is 35.5. The number of morpholine rings is 2. The Hall–Kier alpha value is -3.31. The molecule has 6 aliphatic heterocycles. The molecule has 0 aromatic heterocycles. The van der Waals surface area contributed by atoms with Crippen molar-refractivity contribution in [3.63, 3.8) is 0 Å². The van der Waals surface area contributed by atoms with Crippen LogP contribution in [0.2, 0.25) is 0 Å². The molecule has 89 heavy (non-hydrogen) atoms. The first-order valence-electron chi connectivity index (χ1n) is 30.9. The summed E-state index contributed by atoms with van der Waals surface area (Å²) in [6.45, 7) is 9.40. The van der Waals surface area contributed by atoms with Crippen LogP contribution in [0.15, 0.2) is 0 Å². The lowest BCUT2D eigenvalue weighted by Gasteiger charge is -2.60. The van der Waals surface area contributed by atoms with Gasteiger partial charge in [0.15, 0.2) is 48.9 Å². The summed E-state index contributed by atoms with van der Waals surface area (Å²) in [7, 11) is 0. The lowest BCUT2D eigenvalue weighted by molar-refractivity contribution is -0.365. The number of alkyl halides is 5. The molecule has 10 aliphatic rings. The minimum atomic E-state index is -2.06. The van der Waals surface area contributed by atoms with Gasteiger partial charge in [-0.1, -0.05) is 27.7 Å². The Morgan fingerprint density at radius 2 is 1.11 bits per heavy atom. The maximum atomic E-state index is 15.0. The van der Waals surface area contributed by atoms with E-state index in [1.807, 2.05) is 0 Å². The molecule has 0 N–H and O–H groups in total. The van der Waals surface area contributed by atoms with E-state index in [2.05, 4.69) is 27.7 Å². The molecule has 10 rings (SSSR count). The second-order valence-corrected chi connectivity index (χ2v) is 27.0. The fourth-order valence-corrected chi connectivity index (χ4v) is 16.8. The van der Waals surface area contributed by atoms with Gasteiger partial charge in [0, 0.05) is 50.9 Å². The number of amides is 2. The predicted octanol–water partition coefficient (Wildman–Crippen LogP) is 5.52. The Labute approximate surface area is 541 Å². The molecule has 2 unspecified atom stereocenters. The number of nitrogens with zero attached hydrogens (tertiary/aromatic N) is 2. The van der Waals surface area contributed by atoms with Crippen LogP contribution in [0.1, 0.15) is 85.5 Å². The number of fused-ring (bicyclic) bond motifs is 7. The number of hydrogen-bond donors (Lipinski definition) is 0. The van der Waals surface area contributed by atoms with E-state index in [9.17, 15) is 33.6 Å². The van der Waals surface area contributed by atoms with Gasteiger partial charge in [0.25, 0.3) is 0 Å². The van der Waals surface area contributed by atoms with Crippen LogP contribution in [0.5, 0.6) is 0 Å². The van der Waals surface area contributed by atoms with Crippen molar-refractivity contribution in [1.29, 1.82) is 0 Å². The standard InChI is InChI=1S/C59H81Cl5N2O23/c1-30-7-10-59(79-27-30)31(2)45-37(89-59)20-35-34-6-5-32-19-33(8-9-57(32,3)46(34)36(67)21-58(35,45)4)80-53-51(85-43(71)25-63)49(83-41(69)23-61)47(38(81-53)28-77-40(68)22-60)87-54-52(86-44(72)26-64)50(84-42(70)24-62)48(88-56(74)66-13-17-76-18-14-66)39(82-54)29-78-55(73)65-11-15-75-16-12-65/h30-35,37-39,45-54H,5-29H2,1-4H3/t30-,31+,32+,33+,34+,35+,37?,38-,39-,45?,46-,47-,48-,49+,50+,51-,52-,53-,54+,57+,58+,59-/m1/s1. The topological polar surface area (TPSA) is 281 Å². The number of carbonyl (C=O) groups is 8. The maximum absolute atomic E-state index is 15.0. The predicted molar refractivity (Wildman–Crippen MR) is 310 cm³/mol. The zero-order chi connectivity index (χ0) is 63.5. The molecule has 2 amide bonds. The van der Waals surface area contributed by atoms with E-state index >= 15 is 4.79 Å². The lowest BCUT2D eigenvalue weighted by atomic mass is 9.44. The van der Waals surface area contributed by atoms with Crippen molar-refractivity contribution in [2.24, 2.45) is 52.3 Å². The van der Waals surface area contributed by atoms with Gasteiger partial charge in [0.2, 0.25) is 0 Å². The molecule has 0 bridgehead atoms. The molecular formula is C59H81Cl5N2O23. The molecule has 0 radical (unpaired) electrons. The van der Waals surface area contributed by atoms with Gasteiger partial charge in [-0.05, 0) is 85.4 Å². The Morgan fingerprint density at radius 1 is 0.573 bits per heavy atom. The monoisotopic (exact) mass is 1360 g/mol. The summed E-state index contributed by atoms with van der Waals surface area (Å²) < 4.78 is 92.2. The SMILES string of the molecule is C[C@@H]1CC[C@@]2(OC1)OC1C[C@H]3[C@@H]4CC[C@H]5C[C@@H](O[C@@H]6O[C@H](COC(=O)CCl)[C@@H](O[C@@H]7O[C@H](COC(=O)N8CCOCC8)[C@@H](OC(=O)N8CCOCC8)[C@H](OC(=O)CCl)[C@H]7OC(=O)CCl)[C@H](OC(=O)CCl)[C@H]6OC(=O)CCl)CC[C@]5(C)[C@H]4C(=O)C[C@]3(C)C1[C@@H]2C. The third-order valence-corrected chi connectivity index (χ3v) is 21.6. The summed E-state index contributed by atoms with van der Waals surface area (Å²) in [4.78, 5) is 112. The van der Waals surface area contributed by atoms with E-state index in [0.29, 0.717) is 38.2 Å². The highest BCUT2D eigenvalue weighted by Crippen LogP contribution is 2.71. The molecule has 1 spiro atoms. The Bertz CT molecular complexity index is 2560. The summed E-state index contributed by atoms with van der Waals surface area (Å²) in [5.74, 6) is -8.27. The van der Waals surface area contributed by atoms with Crippen molar-refractivity contribution < 1.29 is 109 Å². The van der Waals surface area contributed by atoms with Gasteiger partial charge in [0.1, 0.15) is 66.7 Å². The largest absolute Gasteiger partial charge is 0.462 e. The van der Waals surface area contributed by atoms with Crippen LogP contribution in [-0.4, -0.2) is 239 Å². The van der Waals surface area contributed by atoms with Gasteiger partial charge >= 0.3 is 42.0 Å². The molecule has 0 aromatic rings. The lowest BCUT2D eigenvalue weighted by Crippen LogP contribution is -2.68. The average Bonchev–Trinajstić information content (AvgIpc) is 1.58. The van der Waals surface area contributed by atoms with E-state index in [1.54, 1.807) is 0 Å². The molecule has 22 atom stereocenters. The fraction of sp³-hybridized carbons (Fsp3) is 0.864. The summed E-state index contributed by atoms with van der Waals surface area (Å²) in [6.07, 6.45) is -14.2. The Balaban J connectivity index is 0.941. The minimum Gasteiger partial charge on any atom is -0.462 e. The number of rotatable bonds is 18. The Morgan fingerprint density at radius 3 is 1.69 bits per heavy atom. The van der Waals surface area contributed by atoms with Crippen molar-refractivity contribution >= 4 is 106 Å². The molecule has 30 heteroatoms. The first-order valence-corrected chi connectivity index (χ1v) is 33.6. The highest BCUT2D eigenvalue weighted by molar-refractivity contribution is 6.27. The van der Waals surface area contributed by atoms with E-state index in [1.165, 1.54) is 9.80 Å². The fourth-order valence-electron chi connectivity index (χ4n) is 16.5. The van der Waals surface area contributed by atoms with Crippen LogP contribution in [0, 0.1) is 52.3 Å². The third-order valence-electron chi connectivity index (χ3n) is 20.5. The number of halogens is 5. The van der Waals surface area contributed by atoms with E-state index < -0.39 is 163 Å². The second-order valence-electron chi connectivity index (χ2n) is 25.7. The number of esters is 5. The summed E-state index contributed by atoms with van der Waals surface area (Å²) in [5, 5.41) is 0. The minimum absolute atomic E-state index is 0.00312. The number of hydrogen-bond acceptors (Lipinski definition) is 23. The van der Waals surface area contributed by atoms with Crippen molar-refractivity contribution in [3.8, 4) is 0 Å². The summed E-state index contributed by atoms with van der Waals surface area (Å²) >= 11 is 30.2. The Kier molecular flexibility index (Phi) is 22.8. The number of Topliss-reactive ketones (excluding diaryl/α,β-unsaturated/α-hetero) is 1. The van der Waals surface area contributed by atoms with E-state index in [-0.39, 0.29) is 105 Å². The molecule has 4 aliphatic carbocycles. The van der Waals surface area contributed by atoms with Crippen LogP contribution >= 0.6 is 58.0 Å². The molecule has 25 nitrogen and oxygen atoms in total. The summed E-state index contributed by atoms with van der Waals surface area (Å²) in [6, 6.07) is 0. The van der Waals surface area contributed by atoms with Gasteiger partial charge in [-0.3, -0.25) is 28.8 Å². The van der Waals surface area contributed by atoms with Gasteiger partial charge in [-0.2, -0.15) is 0 Å². The molecule has 4 saturated carbocycles. The molecule has 6 heterocycles. The van der Waals surface area contributed by atoms with Crippen LogP contribution in [0.4, 0.5) is 9.59 Å². The van der Waals surface area contributed by atoms with Gasteiger partial charge < -0.3 is 80.9 Å². The highest BCUT2D eigenvalue weighted by Gasteiger charge is 2.71. The molecular weight excluding hydrogens is 1280 g/mol. The normalized spacial score (nSPS) is 41.0. The number of ether oxygens (including phenoxy) is 15. The number of ketones is 1. The molecule has 0 aromatic carbocycles. The maximum Gasteiger partial charge on any atom is 0.410 e. The van der Waals surface area contributed by atoms with Gasteiger partial charge in [-0.15, -0.1) is 58.0 Å². The zero-order valence-electron chi connectivity index (χ0n) is 50.3. The van der Waals surface area contributed by atoms with Crippen molar-refractivity contribution in [3.05, 3.63) is 0 Å². The third kappa shape index (κ3) is 14.5.